The maximum absolute atomic E-state index is 12.4. The van der Waals surface area contributed by atoms with Crippen LogP contribution in [0.25, 0.3) is 0 Å². The van der Waals surface area contributed by atoms with Gasteiger partial charge in [0.25, 0.3) is 0 Å². The minimum Gasteiger partial charge on any atom is -0.355 e. The summed E-state index contributed by atoms with van der Waals surface area (Å²) < 4.78 is 49.9. The third-order valence-corrected chi connectivity index (χ3v) is 7.47. The standard InChI is InChI=1S/C16H25N3O5S2/c1-18(25(2,21)22)13-16(20)17-10-9-14-5-7-15(8-6-14)26(23,24)19-11-3-4-12-19/h5-8H,3-4,9-13H2,1-2H3,(H,17,20). The molecule has 0 aromatic heterocycles. The molecule has 8 nitrogen and oxygen atoms in total. The fourth-order valence-electron chi connectivity index (χ4n) is 2.63. The van der Waals surface area contributed by atoms with Gasteiger partial charge in [-0.3, -0.25) is 4.79 Å². The predicted molar refractivity (Wildman–Crippen MR) is 98.6 cm³/mol. The number of nitrogens with zero attached hydrogens (tertiary/aromatic N) is 2. The predicted octanol–water partition coefficient (Wildman–Crippen LogP) is 0.0212. The van der Waals surface area contributed by atoms with Crippen molar-refractivity contribution in [2.45, 2.75) is 24.2 Å². The van der Waals surface area contributed by atoms with Gasteiger partial charge in [0.05, 0.1) is 17.7 Å². The molecule has 0 saturated carbocycles. The zero-order valence-corrected chi connectivity index (χ0v) is 16.6. The summed E-state index contributed by atoms with van der Waals surface area (Å²) >= 11 is 0. The molecule has 1 N–H and O–H groups in total. The minimum absolute atomic E-state index is 0.230. The molecule has 1 aromatic rings. The molecule has 0 spiro atoms. The van der Waals surface area contributed by atoms with E-state index in [-0.39, 0.29) is 17.3 Å². The number of hydrogen-bond donors (Lipinski definition) is 1. The van der Waals surface area contributed by atoms with Crippen LogP contribution in [0.5, 0.6) is 0 Å². The first kappa shape index (κ1) is 20.8. The maximum atomic E-state index is 12.4. The van der Waals surface area contributed by atoms with Gasteiger partial charge in [0.1, 0.15) is 0 Å². The van der Waals surface area contributed by atoms with Crippen LogP contribution in [-0.4, -0.2) is 70.8 Å². The van der Waals surface area contributed by atoms with Crippen molar-refractivity contribution in [3.8, 4) is 0 Å². The Hall–Kier alpha value is -1.49. The number of nitrogens with one attached hydrogen (secondary N) is 1. The second kappa shape index (κ2) is 8.47. The van der Waals surface area contributed by atoms with Crippen LogP contribution < -0.4 is 5.32 Å². The third-order valence-electron chi connectivity index (χ3n) is 4.29. The van der Waals surface area contributed by atoms with Crippen molar-refractivity contribution in [1.29, 1.82) is 0 Å². The van der Waals surface area contributed by atoms with Crippen LogP contribution in [0.3, 0.4) is 0 Å². The van der Waals surface area contributed by atoms with Crippen molar-refractivity contribution < 1.29 is 21.6 Å². The topological polar surface area (TPSA) is 104 Å². The van der Waals surface area contributed by atoms with Crippen molar-refractivity contribution >= 4 is 26.0 Å². The van der Waals surface area contributed by atoms with E-state index in [0.29, 0.717) is 26.1 Å². The first-order valence-electron chi connectivity index (χ1n) is 8.38. The molecule has 1 aromatic carbocycles. The molecule has 0 atom stereocenters. The van der Waals surface area contributed by atoms with Gasteiger partial charge in [-0.05, 0) is 37.0 Å². The summed E-state index contributed by atoms with van der Waals surface area (Å²) in [6, 6.07) is 6.64. The van der Waals surface area contributed by atoms with Gasteiger partial charge in [-0.15, -0.1) is 0 Å². The average Bonchev–Trinajstić information content (AvgIpc) is 3.09. The Morgan fingerprint density at radius 1 is 1.12 bits per heavy atom. The van der Waals surface area contributed by atoms with Gasteiger partial charge in [0.15, 0.2) is 0 Å². The van der Waals surface area contributed by atoms with E-state index >= 15 is 0 Å². The number of amides is 1. The van der Waals surface area contributed by atoms with E-state index in [1.807, 2.05) is 0 Å². The molecule has 0 bridgehead atoms. The molecular weight excluding hydrogens is 378 g/mol. The van der Waals surface area contributed by atoms with Crippen molar-refractivity contribution in [2.24, 2.45) is 0 Å². The van der Waals surface area contributed by atoms with Crippen LogP contribution in [0.2, 0.25) is 0 Å². The highest BCUT2D eigenvalue weighted by molar-refractivity contribution is 7.89. The molecular formula is C16H25N3O5S2. The Kier molecular flexibility index (Phi) is 6.78. The summed E-state index contributed by atoms with van der Waals surface area (Å²) in [7, 11) is -5.46. The minimum atomic E-state index is -3.42. The molecule has 2 rings (SSSR count). The van der Waals surface area contributed by atoms with E-state index in [1.54, 1.807) is 24.3 Å². The fourth-order valence-corrected chi connectivity index (χ4v) is 4.50. The number of carbonyl (C=O) groups is 1. The quantitative estimate of drug-likeness (QED) is 0.659. The lowest BCUT2D eigenvalue weighted by molar-refractivity contribution is -0.121. The summed E-state index contributed by atoms with van der Waals surface area (Å²) in [6.07, 6.45) is 3.35. The van der Waals surface area contributed by atoms with E-state index in [2.05, 4.69) is 5.32 Å². The number of likely N-dealkylation sites (N-methyl/N-ethyl adjacent to an activating group) is 1. The smallest absolute Gasteiger partial charge is 0.243 e. The van der Waals surface area contributed by atoms with Crippen LogP contribution in [0.1, 0.15) is 18.4 Å². The summed E-state index contributed by atoms with van der Waals surface area (Å²) in [5, 5.41) is 2.65. The van der Waals surface area contributed by atoms with Crippen molar-refractivity contribution in [1.82, 2.24) is 13.9 Å². The lowest BCUT2D eigenvalue weighted by Gasteiger charge is -2.16. The zero-order valence-electron chi connectivity index (χ0n) is 15.0. The monoisotopic (exact) mass is 403 g/mol. The van der Waals surface area contributed by atoms with E-state index in [9.17, 15) is 21.6 Å². The Bertz CT molecular complexity index is 829. The van der Waals surface area contributed by atoms with Crippen molar-refractivity contribution in [3.63, 3.8) is 0 Å². The van der Waals surface area contributed by atoms with Crippen LogP contribution in [0.15, 0.2) is 29.2 Å². The number of rotatable bonds is 8. The number of hydrogen-bond acceptors (Lipinski definition) is 5. The SMILES string of the molecule is CN(CC(=O)NCCc1ccc(S(=O)(=O)N2CCCC2)cc1)S(C)(=O)=O. The summed E-state index contributed by atoms with van der Waals surface area (Å²) in [5.74, 6) is -0.383. The number of benzene rings is 1. The lowest BCUT2D eigenvalue weighted by atomic mass is 10.1. The van der Waals surface area contributed by atoms with Crippen molar-refractivity contribution in [2.75, 3.05) is 39.5 Å². The second-order valence-electron chi connectivity index (χ2n) is 6.37. The molecule has 1 heterocycles. The van der Waals surface area contributed by atoms with Gasteiger partial charge in [-0.25, -0.2) is 16.8 Å². The largest absolute Gasteiger partial charge is 0.355 e. The zero-order chi connectivity index (χ0) is 19.4. The van der Waals surface area contributed by atoms with E-state index in [1.165, 1.54) is 11.4 Å². The number of sulfonamides is 2. The lowest BCUT2D eigenvalue weighted by Crippen LogP contribution is -2.38. The maximum Gasteiger partial charge on any atom is 0.243 e. The third kappa shape index (κ3) is 5.50. The van der Waals surface area contributed by atoms with Gasteiger partial charge < -0.3 is 5.32 Å². The molecule has 10 heteroatoms. The first-order chi connectivity index (χ1) is 12.1. The molecule has 146 valence electrons. The molecule has 1 fully saturated rings. The molecule has 1 saturated heterocycles. The molecule has 0 unspecified atom stereocenters. The Morgan fingerprint density at radius 2 is 1.69 bits per heavy atom. The van der Waals surface area contributed by atoms with E-state index < -0.39 is 20.0 Å². The van der Waals surface area contributed by atoms with Gasteiger partial charge in [-0.2, -0.15) is 8.61 Å². The Balaban J connectivity index is 1.85. The van der Waals surface area contributed by atoms with Gasteiger partial charge in [0.2, 0.25) is 26.0 Å². The van der Waals surface area contributed by atoms with Gasteiger partial charge in [0, 0.05) is 26.7 Å². The van der Waals surface area contributed by atoms with Gasteiger partial charge in [-0.1, -0.05) is 12.1 Å². The molecule has 26 heavy (non-hydrogen) atoms. The Labute approximate surface area is 155 Å². The van der Waals surface area contributed by atoms with E-state index in [0.717, 1.165) is 29.0 Å². The van der Waals surface area contributed by atoms with Crippen LogP contribution >= 0.6 is 0 Å². The normalized spacial score (nSPS) is 16.1. The molecule has 1 aliphatic heterocycles. The van der Waals surface area contributed by atoms with E-state index in [4.69, 9.17) is 0 Å². The highest BCUT2D eigenvalue weighted by Crippen LogP contribution is 2.21. The average molecular weight is 404 g/mol. The summed E-state index contributed by atoms with van der Waals surface area (Å²) in [4.78, 5) is 12.0. The molecule has 0 aliphatic carbocycles. The summed E-state index contributed by atoms with van der Waals surface area (Å²) in [6.45, 7) is 1.25. The highest BCUT2D eigenvalue weighted by atomic mass is 32.2. The van der Waals surface area contributed by atoms with Gasteiger partial charge >= 0.3 is 0 Å². The molecule has 1 amide bonds. The second-order valence-corrected chi connectivity index (χ2v) is 10.4. The van der Waals surface area contributed by atoms with Crippen molar-refractivity contribution in [3.05, 3.63) is 29.8 Å². The van der Waals surface area contributed by atoms with Crippen LogP contribution in [-0.2, 0) is 31.3 Å². The molecule has 1 aliphatic rings. The Morgan fingerprint density at radius 3 is 2.23 bits per heavy atom. The van der Waals surface area contributed by atoms with Crippen LogP contribution in [0.4, 0.5) is 0 Å². The van der Waals surface area contributed by atoms with Crippen LogP contribution in [0, 0.1) is 0 Å². The molecule has 0 radical (unpaired) electrons. The summed E-state index contributed by atoms with van der Waals surface area (Å²) in [5.41, 5.74) is 0.891. The first-order valence-corrected chi connectivity index (χ1v) is 11.7. The number of carbonyl (C=O) groups excluding carboxylic acids is 1. The fraction of sp³-hybridized carbons (Fsp3) is 0.562. The highest BCUT2D eigenvalue weighted by Gasteiger charge is 2.26.